The van der Waals surface area contributed by atoms with Crippen molar-refractivity contribution in [1.29, 1.82) is 0 Å². The van der Waals surface area contributed by atoms with Gasteiger partial charge in [-0.15, -0.1) is 11.3 Å². The number of hydrogen-bond donors (Lipinski definition) is 2. The van der Waals surface area contributed by atoms with Crippen LogP contribution in [0.4, 0.5) is 5.69 Å². The molecule has 0 bridgehead atoms. The Labute approximate surface area is 201 Å². The van der Waals surface area contributed by atoms with Crippen LogP contribution >= 0.6 is 51.1 Å². The van der Waals surface area contributed by atoms with Crippen LogP contribution in [-0.4, -0.2) is 23.1 Å². The highest BCUT2D eigenvalue weighted by molar-refractivity contribution is 9.10. The van der Waals surface area contributed by atoms with Gasteiger partial charge in [0.05, 0.1) is 28.6 Å². The molecule has 1 aromatic heterocycles. The molecule has 0 unspecified atom stereocenters. The predicted molar refractivity (Wildman–Crippen MR) is 134 cm³/mol. The van der Waals surface area contributed by atoms with Crippen molar-refractivity contribution in [2.24, 2.45) is 0 Å². The molecule has 0 fully saturated rings. The van der Waals surface area contributed by atoms with Gasteiger partial charge in [-0.2, -0.15) is 0 Å². The van der Waals surface area contributed by atoms with Gasteiger partial charge in [0.25, 0.3) is 5.91 Å². The van der Waals surface area contributed by atoms with Crippen LogP contribution in [0, 0.1) is 0 Å². The van der Waals surface area contributed by atoms with E-state index < -0.39 is 0 Å². The maximum atomic E-state index is 12.6. The SMILES string of the molecule is COc1ccc(-c2nc3ccccc3s2)cc1NC(=S)NC(=O)c1cc(Cl)ccc1Br. The van der Waals surface area contributed by atoms with Gasteiger partial charge in [0.1, 0.15) is 10.8 Å². The Kier molecular flexibility index (Phi) is 6.52. The first-order chi connectivity index (χ1) is 14.9. The van der Waals surface area contributed by atoms with Crippen LogP contribution < -0.4 is 15.4 Å². The first kappa shape index (κ1) is 21.7. The number of halogens is 2. The van der Waals surface area contributed by atoms with Crippen molar-refractivity contribution in [3.63, 3.8) is 0 Å². The maximum Gasteiger partial charge on any atom is 0.258 e. The zero-order valence-corrected chi connectivity index (χ0v) is 20.1. The molecule has 2 N–H and O–H groups in total. The van der Waals surface area contributed by atoms with Crippen molar-refractivity contribution in [3.05, 3.63) is 75.7 Å². The van der Waals surface area contributed by atoms with E-state index in [4.69, 9.17) is 33.5 Å². The van der Waals surface area contributed by atoms with Gasteiger partial charge in [-0.05, 0) is 76.7 Å². The maximum absolute atomic E-state index is 12.6. The molecular weight excluding hydrogens is 518 g/mol. The molecule has 156 valence electrons. The second-order valence-electron chi connectivity index (χ2n) is 6.43. The number of anilines is 1. The molecule has 31 heavy (non-hydrogen) atoms. The van der Waals surface area contributed by atoms with E-state index in [1.165, 1.54) is 0 Å². The fraction of sp³-hybridized carbons (Fsp3) is 0.0455. The molecule has 4 aromatic rings. The zero-order valence-electron chi connectivity index (χ0n) is 16.1. The molecule has 3 aromatic carbocycles. The third-order valence-corrected chi connectivity index (χ3v) is 6.60. The van der Waals surface area contributed by atoms with Crippen LogP contribution in [0.25, 0.3) is 20.8 Å². The van der Waals surface area contributed by atoms with Gasteiger partial charge in [0.2, 0.25) is 0 Å². The molecule has 0 aliphatic rings. The summed E-state index contributed by atoms with van der Waals surface area (Å²) in [4.78, 5) is 17.3. The molecule has 0 atom stereocenters. The van der Waals surface area contributed by atoms with Gasteiger partial charge in [0.15, 0.2) is 5.11 Å². The molecule has 1 amide bonds. The van der Waals surface area contributed by atoms with Crippen molar-refractivity contribution < 1.29 is 9.53 Å². The zero-order chi connectivity index (χ0) is 22.0. The monoisotopic (exact) mass is 531 g/mol. The molecule has 0 radical (unpaired) electrons. The highest BCUT2D eigenvalue weighted by Gasteiger charge is 2.15. The number of nitrogens with one attached hydrogen (secondary N) is 2. The standard InChI is InChI=1S/C22H15BrClN3O2S2/c1-29-18-9-6-12(21-25-16-4-2-3-5-19(16)31-21)10-17(18)26-22(30)27-20(28)14-11-13(24)7-8-15(14)23/h2-11H,1H3,(H2,26,27,28,30). The summed E-state index contributed by atoms with van der Waals surface area (Å²) in [5.74, 6) is 0.207. The Hall–Kier alpha value is -2.52. The smallest absolute Gasteiger partial charge is 0.258 e. The van der Waals surface area contributed by atoms with Crippen molar-refractivity contribution in [2.45, 2.75) is 0 Å². The molecule has 0 spiro atoms. The van der Waals surface area contributed by atoms with Gasteiger partial charge in [-0.3, -0.25) is 10.1 Å². The van der Waals surface area contributed by atoms with Crippen LogP contribution in [-0.2, 0) is 0 Å². The highest BCUT2D eigenvalue weighted by atomic mass is 79.9. The quantitative estimate of drug-likeness (QED) is 0.293. The van der Waals surface area contributed by atoms with Gasteiger partial charge in [0, 0.05) is 15.1 Å². The average Bonchev–Trinajstić information content (AvgIpc) is 3.19. The lowest BCUT2D eigenvalue weighted by atomic mass is 10.2. The van der Waals surface area contributed by atoms with Crippen molar-refractivity contribution in [3.8, 4) is 16.3 Å². The molecule has 9 heteroatoms. The van der Waals surface area contributed by atoms with E-state index >= 15 is 0 Å². The Morgan fingerprint density at radius 2 is 1.97 bits per heavy atom. The number of aromatic nitrogens is 1. The summed E-state index contributed by atoms with van der Waals surface area (Å²) >= 11 is 16.3. The minimum absolute atomic E-state index is 0.136. The number of para-hydroxylation sites is 1. The Bertz CT molecular complexity index is 1280. The first-order valence-electron chi connectivity index (χ1n) is 9.06. The summed E-state index contributed by atoms with van der Waals surface area (Å²) in [5.41, 5.74) is 2.86. The fourth-order valence-corrected chi connectivity index (χ4v) is 4.69. The number of nitrogens with zero attached hydrogens (tertiary/aromatic N) is 1. The van der Waals surface area contributed by atoms with Crippen LogP contribution in [0.1, 0.15) is 10.4 Å². The van der Waals surface area contributed by atoms with E-state index in [1.807, 2.05) is 42.5 Å². The van der Waals surface area contributed by atoms with Crippen LogP contribution in [0.15, 0.2) is 65.1 Å². The minimum Gasteiger partial charge on any atom is -0.495 e. The summed E-state index contributed by atoms with van der Waals surface area (Å²) in [6.45, 7) is 0. The van der Waals surface area contributed by atoms with E-state index in [9.17, 15) is 4.79 Å². The average molecular weight is 533 g/mol. The number of rotatable bonds is 4. The molecule has 0 saturated carbocycles. The number of thiazole rings is 1. The molecule has 5 nitrogen and oxygen atoms in total. The summed E-state index contributed by atoms with van der Waals surface area (Å²) in [6, 6.07) is 18.6. The molecule has 0 saturated heterocycles. The lowest BCUT2D eigenvalue weighted by molar-refractivity contribution is 0.0977. The largest absolute Gasteiger partial charge is 0.495 e. The van der Waals surface area contributed by atoms with Crippen LogP contribution in [0.2, 0.25) is 5.02 Å². The summed E-state index contributed by atoms with van der Waals surface area (Å²) < 4.78 is 7.17. The van der Waals surface area contributed by atoms with E-state index in [1.54, 1.807) is 36.6 Å². The van der Waals surface area contributed by atoms with E-state index in [-0.39, 0.29) is 11.0 Å². The number of ether oxygens (including phenoxy) is 1. The van der Waals surface area contributed by atoms with Crippen LogP contribution in [0.5, 0.6) is 5.75 Å². The summed E-state index contributed by atoms with van der Waals surface area (Å²) in [6.07, 6.45) is 0. The molecule has 4 rings (SSSR count). The summed E-state index contributed by atoms with van der Waals surface area (Å²) in [5, 5.41) is 7.18. The van der Waals surface area contributed by atoms with Crippen molar-refractivity contribution in [2.75, 3.05) is 12.4 Å². The minimum atomic E-state index is -0.381. The second kappa shape index (κ2) is 9.32. The lowest BCUT2D eigenvalue weighted by Crippen LogP contribution is -2.34. The van der Waals surface area contributed by atoms with E-state index in [0.29, 0.717) is 26.5 Å². The van der Waals surface area contributed by atoms with Crippen molar-refractivity contribution in [1.82, 2.24) is 10.3 Å². The number of methoxy groups -OCH3 is 1. The highest BCUT2D eigenvalue weighted by Crippen LogP contribution is 2.34. The fourth-order valence-electron chi connectivity index (χ4n) is 2.93. The van der Waals surface area contributed by atoms with Gasteiger partial charge >= 0.3 is 0 Å². The number of hydrogen-bond acceptors (Lipinski definition) is 5. The Morgan fingerprint density at radius 1 is 1.16 bits per heavy atom. The normalized spacial score (nSPS) is 10.7. The van der Waals surface area contributed by atoms with E-state index in [0.717, 1.165) is 20.8 Å². The van der Waals surface area contributed by atoms with Gasteiger partial charge < -0.3 is 10.1 Å². The van der Waals surface area contributed by atoms with Crippen molar-refractivity contribution >= 4 is 78.0 Å². The second-order valence-corrected chi connectivity index (χ2v) is 9.16. The topological polar surface area (TPSA) is 63.2 Å². The van der Waals surface area contributed by atoms with E-state index in [2.05, 4.69) is 26.6 Å². The Morgan fingerprint density at radius 3 is 2.74 bits per heavy atom. The molecule has 0 aliphatic carbocycles. The van der Waals surface area contributed by atoms with Gasteiger partial charge in [-0.25, -0.2) is 4.98 Å². The molecule has 0 aliphatic heterocycles. The molecule has 1 heterocycles. The number of carbonyl (C=O) groups excluding carboxylic acids is 1. The van der Waals surface area contributed by atoms with Crippen LogP contribution in [0.3, 0.4) is 0 Å². The van der Waals surface area contributed by atoms with Gasteiger partial charge in [-0.1, -0.05) is 23.7 Å². The molecular formula is C22H15BrClN3O2S2. The first-order valence-corrected chi connectivity index (χ1v) is 11.5. The number of amides is 1. The Balaban J connectivity index is 1.57. The third kappa shape index (κ3) is 4.88. The predicted octanol–water partition coefficient (Wildman–Crippen LogP) is 6.51. The number of benzene rings is 3. The third-order valence-electron chi connectivity index (χ3n) is 4.39. The lowest BCUT2D eigenvalue weighted by Gasteiger charge is -2.14. The summed E-state index contributed by atoms with van der Waals surface area (Å²) in [7, 11) is 1.57. The number of carbonyl (C=O) groups is 1. The number of fused-ring (bicyclic) bond motifs is 1. The number of thiocarbonyl (C=S) groups is 1.